The van der Waals surface area contributed by atoms with E-state index < -0.39 is 11.4 Å². The van der Waals surface area contributed by atoms with Crippen LogP contribution in [0.4, 0.5) is 4.79 Å². The second-order valence-electron chi connectivity index (χ2n) is 7.55. The summed E-state index contributed by atoms with van der Waals surface area (Å²) in [4.78, 5) is 27.8. The molecule has 0 aromatic heterocycles. The number of likely N-dealkylation sites (tertiary alicyclic amines) is 2. The van der Waals surface area contributed by atoms with Crippen molar-refractivity contribution in [2.45, 2.75) is 38.8 Å². The van der Waals surface area contributed by atoms with Crippen molar-refractivity contribution in [2.75, 3.05) is 26.2 Å². The van der Waals surface area contributed by atoms with Gasteiger partial charge in [-0.3, -0.25) is 9.69 Å². The Morgan fingerprint density at radius 3 is 2.64 bits per heavy atom. The second kappa shape index (κ2) is 7.04. The van der Waals surface area contributed by atoms with Crippen LogP contribution in [0.25, 0.3) is 0 Å². The predicted octanol–water partition coefficient (Wildman–Crippen LogP) is 2.33. The van der Waals surface area contributed by atoms with Gasteiger partial charge in [0.2, 0.25) is 0 Å². The highest BCUT2D eigenvalue weighted by Gasteiger charge is 2.42. The lowest BCUT2D eigenvalue weighted by Crippen LogP contribution is -2.46. The van der Waals surface area contributed by atoms with Gasteiger partial charge in [-0.2, -0.15) is 0 Å². The molecule has 2 fully saturated rings. The smallest absolute Gasteiger partial charge is 0.317 e. The number of urea groups is 1. The maximum absolute atomic E-state index is 12.5. The number of carbonyl (C=O) groups excluding carboxylic acids is 1. The summed E-state index contributed by atoms with van der Waals surface area (Å²) in [6.45, 7) is 6.47. The maximum Gasteiger partial charge on any atom is 0.317 e. The van der Waals surface area contributed by atoms with Gasteiger partial charge in [-0.05, 0) is 32.3 Å². The van der Waals surface area contributed by atoms with Crippen LogP contribution < -0.4 is 5.32 Å². The number of carbonyl (C=O) groups is 2. The van der Waals surface area contributed by atoms with Crippen LogP contribution in [0.5, 0.6) is 0 Å². The zero-order valence-electron chi connectivity index (χ0n) is 14.9. The number of nitrogens with one attached hydrogen (secondary N) is 1. The van der Waals surface area contributed by atoms with Gasteiger partial charge in [-0.15, -0.1) is 0 Å². The molecule has 3 rings (SSSR count). The van der Waals surface area contributed by atoms with Gasteiger partial charge in [0.25, 0.3) is 0 Å². The molecule has 6 heteroatoms. The summed E-state index contributed by atoms with van der Waals surface area (Å²) in [6.07, 6.45) is 1.44. The van der Waals surface area contributed by atoms with Crippen LogP contribution in [0.1, 0.15) is 38.3 Å². The summed E-state index contributed by atoms with van der Waals surface area (Å²) in [5.41, 5.74) is 0.465. The summed E-state index contributed by atoms with van der Waals surface area (Å²) >= 11 is 0. The molecule has 3 atom stereocenters. The molecular formula is C19H27N3O3. The fourth-order valence-corrected chi connectivity index (χ4v) is 3.77. The number of rotatable bonds is 4. The fraction of sp³-hybridized carbons (Fsp3) is 0.579. The standard InChI is InChI=1S/C19H27N3O3/c1-14(15-6-4-3-5-7-15)21-10-8-16(12-21)20-18(25)22-11-9-19(2,13-22)17(23)24/h3-7,14,16H,8-13H2,1-2H3,(H,20,25)(H,23,24). The molecule has 2 aliphatic heterocycles. The minimum Gasteiger partial charge on any atom is -0.481 e. The van der Waals surface area contributed by atoms with E-state index in [1.165, 1.54) is 5.56 Å². The van der Waals surface area contributed by atoms with Gasteiger partial charge in [0, 0.05) is 38.3 Å². The number of benzene rings is 1. The Labute approximate surface area is 148 Å². The van der Waals surface area contributed by atoms with Crippen LogP contribution >= 0.6 is 0 Å². The van der Waals surface area contributed by atoms with Crippen LogP contribution in [-0.2, 0) is 4.79 Å². The molecule has 1 aromatic rings. The topological polar surface area (TPSA) is 72.9 Å². The van der Waals surface area contributed by atoms with Crippen molar-refractivity contribution in [3.05, 3.63) is 35.9 Å². The van der Waals surface area contributed by atoms with Gasteiger partial charge in [0.1, 0.15) is 0 Å². The number of carboxylic acids is 1. The normalized spacial score (nSPS) is 28.1. The summed E-state index contributed by atoms with van der Waals surface area (Å²) in [7, 11) is 0. The third-order valence-electron chi connectivity index (χ3n) is 5.65. The minimum absolute atomic E-state index is 0.121. The van der Waals surface area contributed by atoms with Crippen molar-refractivity contribution in [2.24, 2.45) is 5.41 Å². The first kappa shape index (κ1) is 17.7. The van der Waals surface area contributed by atoms with E-state index in [9.17, 15) is 14.7 Å². The van der Waals surface area contributed by atoms with Crippen molar-refractivity contribution in [3.63, 3.8) is 0 Å². The Morgan fingerprint density at radius 1 is 1.28 bits per heavy atom. The largest absolute Gasteiger partial charge is 0.481 e. The summed E-state index contributed by atoms with van der Waals surface area (Å²) in [5, 5.41) is 12.4. The fourth-order valence-electron chi connectivity index (χ4n) is 3.77. The van der Waals surface area contributed by atoms with Gasteiger partial charge in [0.05, 0.1) is 5.41 Å². The van der Waals surface area contributed by atoms with E-state index in [2.05, 4.69) is 29.3 Å². The highest BCUT2D eigenvalue weighted by atomic mass is 16.4. The SMILES string of the molecule is CC(c1ccccc1)N1CCC(NC(=O)N2CCC(C)(C(=O)O)C2)C1. The number of amides is 2. The molecule has 25 heavy (non-hydrogen) atoms. The second-order valence-corrected chi connectivity index (χ2v) is 7.55. The molecule has 1 aromatic carbocycles. The molecule has 136 valence electrons. The van der Waals surface area contributed by atoms with E-state index in [4.69, 9.17) is 0 Å². The van der Waals surface area contributed by atoms with Gasteiger partial charge in [0.15, 0.2) is 0 Å². The van der Waals surface area contributed by atoms with E-state index in [0.717, 1.165) is 19.5 Å². The molecule has 2 amide bonds. The Morgan fingerprint density at radius 2 is 2.00 bits per heavy atom. The number of hydrogen-bond acceptors (Lipinski definition) is 3. The quantitative estimate of drug-likeness (QED) is 0.878. The van der Waals surface area contributed by atoms with E-state index in [-0.39, 0.29) is 18.6 Å². The first-order chi connectivity index (χ1) is 11.9. The van der Waals surface area contributed by atoms with Gasteiger partial charge < -0.3 is 15.3 Å². The Balaban J connectivity index is 1.52. The maximum atomic E-state index is 12.5. The summed E-state index contributed by atoms with van der Waals surface area (Å²) < 4.78 is 0. The molecule has 0 bridgehead atoms. The van der Waals surface area contributed by atoms with E-state index in [0.29, 0.717) is 19.0 Å². The first-order valence-corrected chi connectivity index (χ1v) is 8.97. The van der Waals surface area contributed by atoms with Crippen molar-refractivity contribution >= 4 is 12.0 Å². The van der Waals surface area contributed by atoms with E-state index in [1.807, 2.05) is 18.2 Å². The third-order valence-corrected chi connectivity index (χ3v) is 5.65. The van der Waals surface area contributed by atoms with E-state index in [1.54, 1.807) is 11.8 Å². The van der Waals surface area contributed by atoms with Crippen molar-refractivity contribution in [1.82, 2.24) is 15.1 Å². The van der Waals surface area contributed by atoms with Crippen LogP contribution in [0.15, 0.2) is 30.3 Å². The molecule has 2 heterocycles. The predicted molar refractivity (Wildman–Crippen MR) is 95.3 cm³/mol. The Bertz CT molecular complexity index is 636. The molecular weight excluding hydrogens is 318 g/mol. The molecule has 3 unspecified atom stereocenters. The highest BCUT2D eigenvalue weighted by molar-refractivity contribution is 5.79. The number of aliphatic carboxylic acids is 1. The molecule has 2 N–H and O–H groups in total. The lowest BCUT2D eigenvalue weighted by atomic mass is 9.90. The number of carboxylic acid groups (broad SMARTS) is 1. The van der Waals surface area contributed by atoms with Crippen LogP contribution in [-0.4, -0.2) is 59.1 Å². The average Bonchev–Trinajstić information content (AvgIpc) is 3.23. The highest BCUT2D eigenvalue weighted by Crippen LogP contribution is 2.30. The molecule has 0 saturated carbocycles. The Hall–Kier alpha value is -2.08. The summed E-state index contributed by atoms with van der Waals surface area (Å²) in [6, 6.07) is 10.7. The Kier molecular flexibility index (Phi) is 4.99. The zero-order valence-corrected chi connectivity index (χ0v) is 14.9. The molecule has 0 aliphatic carbocycles. The van der Waals surface area contributed by atoms with Crippen LogP contribution in [0.3, 0.4) is 0 Å². The molecule has 0 spiro atoms. The van der Waals surface area contributed by atoms with Gasteiger partial charge >= 0.3 is 12.0 Å². The van der Waals surface area contributed by atoms with Crippen LogP contribution in [0.2, 0.25) is 0 Å². The van der Waals surface area contributed by atoms with Crippen molar-refractivity contribution in [3.8, 4) is 0 Å². The monoisotopic (exact) mass is 345 g/mol. The molecule has 6 nitrogen and oxygen atoms in total. The number of hydrogen-bond donors (Lipinski definition) is 2. The van der Waals surface area contributed by atoms with Gasteiger partial charge in [-0.25, -0.2) is 4.79 Å². The molecule has 2 aliphatic rings. The third kappa shape index (κ3) is 3.79. The van der Waals surface area contributed by atoms with E-state index >= 15 is 0 Å². The van der Waals surface area contributed by atoms with Gasteiger partial charge in [-0.1, -0.05) is 30.3 Å². The zero-order chi connectivity index (χ0) is 18.0. The summed E-state index contributed by atoms with van der Waals surface area (Å²) in [5.74, 6) is -0.827. The van der Waals surface area contributed by atoms with Crippen molar-refractivity contribution < 1.29 is 14.7 Å². The molecule has 0 radical (unpaired) electrons. The first-order valence-electron chi connectivity index (χ1n) is 8.97. The lowest BCUT2D eigenvalue weighted by Gasteiger charge is -2.26. The minimum atomic E-state index is -0.827. The van der Waals surface area contributed by atoms with Crippen molar-refractivity contribution in [1.29, 1.82) is 0 Å². The number of nitrogens with zero attached hydrogens (tertiary/aromatic N) is 2. The molecule has 2 saturated heterocycles. The average molecular weight is 345 g/mol. The lowest BCUT2D eigenvalue weighted by molar-refractivity contribution is -0.147. The van der Waals surface area contributed by atoms with Crippen LogP contribution in [0, 0.1) is 5.41 Å².